The van der Waals surface area contributed by atoms with Crippen LogP contribution < -0.4 is 4.72 Å². The molecular weight excluding hydrogens is 372 g/mol. The number of aromatic nitrogens is 1. The molecule has 0 aromatic carbocycles. The molecule has 8 heteroatoms. The monoisotopic (exact) mass is 392 g/mol. The number of hydrogen-bond donors (Lipinski definition) is 1. The molecule has 0 bridgehead atoms. The summed E-state index contributed by atoms with van der Waals surface area (Å²) in [5, 5.41) is 0. The quantitative estimate of drug-likeness (QED) is 0.670. The summed E-state index contributed by atoms with van der Waals surface area (Å²) in [5.41, 5.74) is 0. The van der Waals surface area contributed by atoms with Crippen molar-refractivity contribution < 1.29 is 17.3 Å². The molecule has 3 aromatic rings. The van der Waals surface area contributed by atoms with Crippen LogP contribution in [0.1, 0.15) is 49.0 Å². The summed E-state index contributed by atoms with van der Waals surface area (Å²) in [6.45, 7) is 1.94. The molecule has 1 saturated carbocycles. The molecule has 26 heavy (non-hydrogen) atoms. The normalized spacial score (nSPS) is 15.7. The van der Waals surface area contributed by atoms with Crippen LogP contribution in [0, 0.1) is 6.92 Å². The Kier molecular flexibility index (Phi) is 4.73. The first kappa shape index (κ1) is 17.5. The molecule has 1 aliphatic rings. The van der Waals surface area contributed by atoms with Gasteiger partial charge in [-0.2, -0.15) is 0 Å². The molecule has 0 atom stereocenters. The van der Waals surface area contributed by atoms with Crippen LogP contribution in [-0.2, 0) is 16.6 Å². The van der Waals surface area contributed by atoms with Crippen molar-refractivity contribution in [3.8, 4) is 10.6 Å². The molecular formula is C18H20N2O4S2. The van der Waals surface area contributed by atoms with Crippen LogP contribution in [0.15, 0.2) is 43.5 Å². The van der Waals surface area contributed by atoms with Gasteiger partial charge in [-0.15, -0.1) is 11.3 Å². The summed E-state index contributed by atoms with van der Waals surface area (Å²) in [6, 6.07) is 6.91. The predicted molar refractivity (Wildman–Crippen MR) is 98.5 cm³/mol. The largest absolute Gasteiger partial charge is 0.465 e. The number of rotatable bonds is 6. The number of hydrogen-bond acceptors (Lipinski definition) is 6. The van der Waals surface area contributed by atoms with E-state index in [1.54, 1.807) is 30.5 Å². The molecule has 6 nitrogen and oxygen atoms in total. The Balaban J connectivity index is 1.48. The highest BCUT2D eigenvalue weighted by Crippen LogP contribution is 2.37. The summed E-state index contributed by atoms with van der Waals surface area (Å²) >= 11 is 1.17. The molecule has 0 spiro atoms. The van der Waals surface area contributed by atoms with Crippen LogP contribution in [0.2, 0.25) is 0 Å². The van der Waals surface area contributed by atoms with E-state index in [0.29, 0.717) is 17.4 Å². The maximum Gasteiger partial charge on any atom is 0.250 e. The van der Waals surface area contributed by atoms with Gasteiger partial charge in [-0.1, -0.05) is 12.8 Å². The lowest BCUT2D eigenvalue weighted by Crippen LogP contribution is -2.22. The van der Waals surface area contributed by atoms with E-state index in [1.165, 1.54) is 24.2 Å². The summed E-state index contributed by atoms with van der Waals surface area (Å²) in [5.74, 6) is 3.12. The topological polar surface area (TPSA) is 85.3 Å². The van der Waals surface area contributed by atoms with Crippen LogP contribution in [0.3, 0.4) is 0 Å². The Morgan fingerprint density at radius 2 is 2.00 bits per heavy atom. The number of aryl methyl sites for hydroxylation is 1. The Morgan fingerprint density at radius 1 is 1.19 bits per heavy atom. The molecule has 4 rings (SSSR count). The Labute approximate surface area is 156 Å². The molecule has 0 saturated heterocycles. The minimum atomic E-state index is -3.60. The van der Waals surface area contributed by atoms with Gasteiger partial charge in [-0.05, 0) is 44.0 Å². The van der Waals surface area contributed by atoms with E-state index >= 15 is 0 Å². The molecule has 138 valence electrons. The van der Waals surface area contributed by atoms with Crippen LogP contribution >= 0.6 is 11.3 Å². The first-order valence-electron chi connectivity index (χ1n) is 8.62. The molecule has 0 radical (unpaired) electrons. The fourth-order valence-corrected chi connectivity index (χ4v) is 5.47. The number of nitrogens with one attached hydrogen (secondary N) is 1. The van der Waals surface area contributed by atoms with E-state index in [2.05, 4.69) is 9.71 Å². The fourth-order valence-electron chi connectivity index (χ4n) is 3.18. The zero-order valence-corrected chi connectivity index (χ0v) is 16.0. The highest BCUT2D eigenvalue weighted by molar-refractivity contribution is 7.91. The van der Waals surface area contributed by atoms with Gasteiger partial charge in [0.05, 0.1) is 17.6 Å². The SMILES string of the molecule is Cc1ccc(CNS(=O)(=O)c2ccc(-c3cnc(C4CCCC4)o3)s2)o1. The highest BCUT2D eigenvalue weighted by atomic mass is 32.2. The zero-order chi connectivity index (χ0) is 18.1. The molecule has 1 N–H and O–H groups in total. The minimum Gasteiger partial charge on any atom is -0.465 e. The van der Waals surface area contributed by atoms with E-state index in [9.17, 15) is 8.42 Å². The number of furan rings is 1. The fraction of sp³-hybridized carbons (Fsp3) is 0.389. The van der Waals surface area contributed by atoms with Crippen molar-refractivity contribution in [2.24, 2.45) is 0 Å². The van der Waals surface area contributed by atoms with Crippen molar-refractivity contribution in [3.05, 3.63) is 47.9 Å². The lowest BCUT2D eigenvalue weighted by molar-refractivity contribution is 0.458. The van der Waals surface area contributed by atoms with E-state index in [0.717, 1.165) is 29.4 Å². The van der Waals surface area contributed by atoms with E-state index in [1.807, 2.05) is 6.92 Å². The summed E-state index contributed by atoms with van der Waals surface area (Å²) in [7, 11) is -3.60. The molecule has 1 fully saturated rings. The van der Waals surface area contributed by atoms with Crippen molar-refractivity contribution >= 4 is 21.4 Å². The van der Waals surface area contributed by atoms with Gasteiger partial charge in [-0.3, -0.25) is 0 Å². The summed E-state index contributed by atoms with van der Waals surface area (Å²) in [4.78, 5) is 5.15. The average molecular weight is 393 g/mol. The van der Waals surface area contributed by atoms with Gasteiger partial charge in [0.2, 0.25) is 10.0 Å². The Morgan fingerprint density at radius 3 is 2.73 bits per heavy atom. The predicted octanol–water partition coefficient (Wildman–Crippen LogP) is 4.44. The van der Waals surface area contributed by atoms with Gasteiger partial charge in [0, 0.05) is 5.92 Å². The van der Waals surface area contributed by atoms with Gasteiger partial charge >= 0.3 is 0 Å². The first-order chi connectivity index (χ1) is 12.5. The van der Waals surface area contributed by atoms with Crippen LogP contribution in [0.4, 0.5) is 0 Å². The number of oxazole rings is 1. The van der Waals surface area contributed by atoms with Crippen molar-refractivity contribution in [1.29, 1.82) is 0 Å². The second-order valence-corrected chi connectivity index (χ2v) is 9.58. The Hall–Kier alpha value is -1.90. The lowest BCUT2D eigenvalue weighted by atomic mass is 10.1. The lowest BCUT2D eigenvalue weighted by Gasteiger charge is -2.02. The first-order valence-corrected chi connectivity index (χ1v) is 10.9. The number of thiophene rings is 1. The second-order valence-electron chi connectivity index (χ2n) is 6.50. The van der Waals surface area contributed by atoms with Crippen molar-refractivity contribution in [3.63, 3.8) is 0 Å². The zero-order valence-electron chi connectivity index (χ0n) is 14.4. The maximum atomic E-state index is 12.5. The average Bonchev–Trinajstić information content (AvgIpc) is 3.38. The highest BCUT2D eigenvalue weighted by Gasteiger charge is 2.23. The van der Waals surface area contributed by atoms with Gasteiger partial charge in [-0.25, -0.2) is 18.1 Å². The van der Waals surface area contributed by atoms with Gasteiger partial charge in [0.25, 0.3) is 0 Å². The molecule has 0 amide bonds. The molecule has 0 aliphatic heterocycles. The third-order valence-corrected chi connectivity index (χ3v) is 7.54. The van der Waals surface area contributed by atoms with Crippen LogP contribution in [-0.4, -0.2) is 13.4 Å². The van der Waals surface area contributed by atoms with Crippen LogP contribution in [0.5, 0.6) is 0 Å². The van der Waals surface area contributed by atoms with Crippen molar-refractivity contribution in [1.82, 2.24) is 9.71 Å². The summed E-state index contributed by atoms with van der Waals surface area (Å²) < 4.78 is 39.0. The second kappa shape index (κ2) is 7.02. The third-order valence-electron chi connectivity index (χ3n) is 4.55. The smallest absolute Gasteiger partial charge is 0.250 e. The van der Waals surface area contributed by atoms with Gasteiger partial charge < -0.3 is 8.83 Å². The molecule has 3 heterocycles. The minimum absolute atomic E-state index is 0.123. The third kappa shape index (κ3) is 3.62. The summed E-state index contributed by atoms with van der Waals surface area (Å²) in [6.07, 6.45) is 6.34. The van der Waals surface area contributed by atoms with Crippen LogP contribution in [0.25, 0.3) is 10.6 Å². The molecule has 0 unspecified atom stereocenters. The van der Waals surface area contributed by atoms with Crippen molar-refractivity contribution in [2.45, 2.75) is 49.3 Å². The van der Waals surface area contributed by atoms with E-state index < -0.39 is 10.0 Å². The number of sulfonamides is 1. The van der Waals surface area contributed by atoms with E-state index in [4.69, 9.17) is 8.83 Å². The van der Waals surface area contributed by atoms with Gasteiger partial charge in [0.15, 0.2) is 11.7 Å². The molecule has 1 aliphatic carbocycles. The van der Waals surface area contributed by atoms with E-state index in [-0.39, 0.29) is 10.8 Å². The van der Waals surface area contributed by atoms with Gasteiger partial charge in [0.1, 0.15) is 15.7 Å². The van der Waals surface area contributed by atoms with Crippen molar-refractivity contribution in [2.75, 3.05) is 0 Å². The molecule has 3 aromatic heterocycles. The number of nitrogens with zero attached hydrogens (tertiary/aromatic N) is 1. The maximum absolute atomic E-state index is 12.5. The Bertz CT molecular complexity index is 994. The standard InChI is InChI=1S/C18H20N2O4S2/c1-12-6-7-14(23-12)10-20-26(21,22)17-9-8-16(25-17)15-11-19-18(24-15)13-4-2-3-5-13/h6-9,11,13,20H,2-5,10H2,1H3.